The Hall–Kier alpha value is -2.22. The number of allylic oxidation sites excluding steroid dienone is 9. The summed E-state index contributed by atoms with van der Waals surface area (Å²) in [5.41, 5.74) is 0. The Morgan fingerprint density at radius 1 is 0.532 bits per heavy atom. The summed E-state index contributed by atoms with van der Waals surface area (Å²) in [6.07, 6.45) is 40.9. The number of hydrogen-bond acceptors (Lipinski definition) is 11. The van der Waals surface area contributed by atoms with Gasteiger partial charge in [-0.25, -0.2) is 9.13 Å². The Balaban J connectivity index is 4.67. The molecule has 4 atom stereocenters. The topological polar surface area (TPSA) is 216 Å². The summed E-state index contributed by atoms with van der Waals surface area (Å²) in [6.45, 7) is 1.51. The molecule has 0 saturated carbocycles. The highest BCUT2D eigenvalue weighted by atomic mass is 31.2. The monoisotopic (exact) mass is 921 g/mol. The van der Waals surface area contributed by atoms with Crippen LogP contribution in [0.5, 0.6) is 0 Å². The molecule has 0 saturated heterocycles. The highest BCUT2D eigenvalue weighted by Gasteiger charge is 2.28. The Morgan fingerprint density at radius 3 is 1.65 bits per heavy atom. The standard InChI is InChI=1S/C46H82O14P2/c1-3-5-7-9-11-13-15-17-18-19-20-22-24-26-28-30-32-36-46(50)60-44(41-59-62(54,55)58-39-43(48)38-57-61(51,52)53)40-56-45(49)37-33-35-42(47)34-31-29-27-25-23-21-16-14-12-10-8-6-4-2/h12,14,17-18,21,23,27,29,31,34,42-44,47-48H,3-11,13,15-16,19-20,22,24-26,28,30,32-33,35-41H2,1-2H3,(H,54,55)(H2,51,52,53)/b14-12-,18-17-,23-21-,29-27-,34-31+/t42-,43+,44-/m1/s1. The third-order valence-corrected chi connectivity index (χ3v) is 10.9. The van der Waals surface area contributed by atoms with E-state index in [4.69, 9.17) is 23.8 Å². The Kier molecular flexibility index (Phi) is 40.0. The van der Waals surface area contributed by atoms with Gasteiger partial charge in [0.15, 0.2) is 6.10 Å². The fourth-order valence-electron chi connectivity index (χ4n) is 5.92. The van der Waals surface area contributed by atoms with Crippen LogP contribution in [0.15, 0.2) is 60.8 Å². The van der Waals surface area contributed by atoms with Gasteiger partial charge in [-0.15, -0.1) is 0 Å². The third kappa shape index (κ3) is 44.4. The van der Waals surface area contributed by atoms with Crippen molar-refractivity contribution in [2.75, 3.05) is 26.4 Å². The minimum atomic E-state index is -4.88. The average Bonchev–Trinajstić information content (AvgIpc) is 3.22. The third-order valence-electron chi connectivity index (χ3n) is 9.47. The number of unbranched alkanes of at least 4 members (excludes halogenated alkanes) is 16. The summed E-state index contributed by atoms with van der Waals surface area (Å²) in [5.74, 6) is -1.24. The van der Waals surface area contributed by atoms with Gasteiger partial charge in [0.1, 0.15) is 12.7 Å². The molecule has 0 aromatic rings. The predicted octanol–water partition coefficient (Wildman–Crippen LogP) is 11.0. The number of aliphatic hydroxyl groups excluding tert-OH is 2. The molecule has 0 aromatic heterocycles. The van der Waals surface area contributed by atoms with E-state index in [2.05, 4.69) is 59.4 Å². The van der Waals surface area contributed by atoms with Gasteiger partial charge in [-0.1, -0.05) is 152 Å². The van der Waals surface area contributed by atoms with Crippen LogP contribution in [0.1, 0.15) is 174 Å². The summed E-state index contributed by atoms with van der Waals surface area (Å²) >= 11 is 0. The lowest BCUT2D eigenvalue weighted by atomic mass is 10.1. The van der Waals surface area contributed by atoms with E-state index in [9.17, 15) is 33.8 Å². The molecule has 0 aliphatic carbocycles. The average molecular weight is 921 g/mol. The van der Waals surface area contributed by atoms with E-state index in [1.165, 1.54) is 64.2 Å². The lowest BCUT2D eigenvalue weighted by Gasteiger charge is -2.20. The summed E-state index contributed by atoms with van der Waals surface area (Å²) in [4.78, 5) is 52.8. The lowest BCUT2D eigenvalue weighted by Crippen LogP contribution is -2.30. The van der Waals surface area contributed by atoms with Crippen LogP contribution in [0, 0.1) is 0 Å². The quantitative estimate of drug-likeness (QED) is 0.0126. The summed E-state index contributed by atoms with van der Waals surface area (Å²) < 4.78 is 47.7. The van der Waals surface area contributed by atoms with Gasteiger partial charge in [0.25, 0.3) is 0 Å². The molecule has 360 valence electrons. The molecule has 14 nitrogen and oxygen atoms in total. The molecule has 0 radical (unpaired) electrons. The number of carbonyl (C=O) groups excluding carboxylic acids is 2. The first-order chi connectivity index (χ1) is 29.8. The van der Waals surface area contributed by atoms with Crippen LogP contribution < -0.4 is 0 Å². The maximum atomic E-state index is 12.7. The van der Waals surface area contributed by atoms with Crippen LogP contribution in [0.25, 0.3) is 0 Å². The van der Waals surface area contributed by atoms with Gasteiger partial charge in [-0.2, -0.15) is 0 Å². The molecule has 16 heteroatoms. The number of ether oxygens (including phenoxy) is 2. The van der Waals surface area contributed by atoms with E-state index in [0.29, 0.717) is 19.3 Å². The van der Waals surface area contributed by atoms with Gasteiger partial charge in [-0.05, 0) is 70.6 Å². The zero-order valence-electron chi connectivity index (χ0n) is 37.8. The van der Waals surface area contributed by atoms with Crippen molar-refractivity contribution < 1.29 is 66.7 Å². The van der Waals surface area contributed by atoms with Crippen LogP contribution in [-0.4, -0.2) is 81.6 Å². The van der Waals surface area contributed by atoms with Crippen molar-refractivity contribution in [1.82, 2.24) is 0 Å². The Bertz CT molecular complexity index is 1340. The van der Waals surface area contributed by atoms with E-state index in [-0.39, 0.29) is 12.8 Å². The lowest BCUT2D eigenvalue weighted by molar-refractivity contribution is -0.161. The van der Waals surface area contributed by atoms with Crippen LogP contribution in [0.4, 0.5) is 0 Å². The number of aliphatic hydroxyl groups is 2. The Labute approximate surface area is 373 Å². The second-order valence-corrected chi connectivity index (χ2v) is 18.2. The van der Waals surface area contributed by atoms with Crippen molar-refractivity contribution in [3.8, 4) is 0 Å². The number of phosphoric ester groups is 2. The van der Waals surface area contributed by atoms with E-state index >= 15 is 0 Å². The summed E-state index contributed by atoms with van der Waals surface area (Å²) in [7, 11) is -9.74. The van der Waals surface area contributed by atoms with Gasteiger partial charge in [0.05, 0.1) is 25.9 Å². The van der Waals surface area contributed by atoms with Crippen molar-refractivity contribution in [2.24, 2.45) is 0 Å². The number of carbonyl (C=O) groups is 2. The van der Waals surface area contributed by atoms with Crippen molar-refractivity contribution in [2.45, 2.75) is 193 Å². The second kappa shape index (κ2) is 41.5. The molecule has 62 heavy (non-hydrogen) atoms. The van der Waals surface area contributed by atoms with Gasteiger partial charge in [0.2, 0.25) is 0 Å². The maximum Gasteiger partial charge on any atom is 0.472 e. The first-order valence-electron chi connectivity index (χ1n) is 23.1. The molecule has 0 aromatic carbocycles. The highest BCUT2D eigenvalue weighted by molar-refractivity contribution is 7.47. The molecule has 0 spiro atoms. The SMILES string of the molecule is CCCCC/C=C\C/C=C\C/C=C\C=C\[C@@H](O)CCCC(=O)OC[C@H](COP(=O)(O)OC[C@@H](O)COP(=O)(O)O)OC(=O)CCCCCCCCC/C=C\CCCCCCCC. The van der Waals surface area contributed by atoms with Crippen LogP contribution in [-0.2, 0) is 41.8 Å². The fraction of sp³-hybridized carbons (Fsp3) is 0.739. The van der Waals surface area contributed by atoms with Gasteiger partial charge >= 0.3 is 27.6 Å². The number of phosphoric acid groups is 2. The molecule has 0 bridgehead atoms. The molecule has 1 unspecified atom stereocenters. The fourth-order valence-corrected chi connectivity index (χ4v) is 7.07. The predicted molar refractivity (Wildman–Crippen MR) is 245 cm³/mol. The van der Waals surface area contributed by atoms with Crippen LogP contribution in [0.3, 0.4) is 0 Å². The van der Waals surface area contributed by atoms with Crippen LogP contribution in [0.2, 0.25) is 0 Å². The second-order valence-electron chi connectivity index (χ2n) is 15.5. The molecule has 0 fully saturated rings. The molecule has 0 heterocycles. The summed E-state index contributed by atoms with van der Waals surface area (Å²) in [6, 6.07) is 0. The zero-order valence-corrected chi connectivity index (χ0v) is 39.6. The van der Waals surface area contributed by atoms with Crippen molar-refractivity contribution in [1.29, 1.82) is 0 Å². The minimum absolute atomic E-state index is 0.0355. The largest absolute Gasteiger partial charge is 0.472 e. The van der Waals surface area contributed by atoms with Crippen molar-refractivity contribution >= 4 is 27.6 Å². The van der Waals surface area contributed by atoms with Crippen LogP contribution >= 0.6 is 15.6 Å². The smallest absolute Gasteiger partial charge is 0.462 e. The minimum Gasteiger partial charge on any atom is -0.462 e. The van der Waals surface area contributed by atoms with Gasteiger partial charge in [0, 0.05) is 12.8 Å². The van der Waals surface area contributed by atoms with Crippen molar-refractivity contribution in [3.05, 3.63) is 60.8 Å². The molecular formula is C46H82O14P2. The number of rotatable bonds is 43. The number of hydrogen-bond donors (Lipinski definition) is 5. The van der Waals surface area contributed by atoms with E-state index in [1.807, 2.05) is 12.2 Å². The molecule has 0 amide bonds. The first-order valence-corrected chi connectivity index (χ1v) is 26.1. The zero-order chi connectivity index (χ0) is 46.0. The first kappa shape index (κ1) is 59.8. The highest BCUT2D eigenvalue weighted by Crippen LogP contribution is 2.43. The van der Waals surface area contributed by atoms with E-state index < -0.39 is 72.3 Å². The maximum absolute atomic E-state index is 12.7. The normalized spacial score (nSPS) is 15.0. The molecular weight excluding hydrogens is 838 g/mol. The summed E-state index contributed by atoms with van der Waals surface area (Å²) in [5, 5.41) is 20.0. The van der Waals surface area contributed by atoms with E-state index in [0.717, 1.165) is 64.2 Å². The van der Waals surface area contributed by atoms with Gasteiger partial charge in [-0.3, -0.25) is 23.2 Å². The van der Waals surface area contributed by atoms with Crippen molar-refractivity contribution in [3.63, 3.8) is 0 Å². The molecule has 0 rings (SSSR count). The van der Waals surface area contributed by atoms with Gasteiger partial charge < -0.3 is 34.4 Å². The number of esters is 2. The molecule has 5 N–H and O–H groups in total. The molecule has 0 aliphatic heterocycles. The Morgan fingerprint density at radius 2 is 1.02 bits per heavy atom. The van der Waals surface area contributed by atoms with E-state index in [1.54, 1.807) is 12.2 Å². The molecule has 0 aliphatic rings.